The van der Waals surface area contributed by atoms with Gasteiger partial charge in [0.25, 0.3) is 0 Å². The van der Waals surface area contributed by atoms with Crippen molar-refractivity contribution < 1.29 is 18.7 Å². The van der Waals surface area contributed by atoms with Crippen molar-refractivity contribution in [3.63, 3.8) is 0 Å². The molecule has 156 valence electrons. The van der Waals surface area contributed by atoms with Crippen molar-refractivity contribution in [2.75, 3.05) is 29.6 Å². The number of para-hydroxylation sites is 1. The number of rotatable bonds is 8. The summed E-state index contributed by atoms with van der Waals surface area (Å²) in [6, 6.07) is 14.5. The Morgan fingerprint density at radius 1 is 1.13 bits per heavy atom. The van der Waals surface area contributed by atoms with Gasteiger partial charge in [-0.05, 0) is 43.3 Å². The fraction of sp³-hybridized carbons (Fsp3) is 0.200. The maximum absolute atomic E-state index is 13.1. The van der Waals surface area contributed by atoms with Gasteiger partial charge in [0, 0.05) is 11.3 Å². The lowest BCUT2D eigenvalue weighted by atomic mass is 10.2. The highest BCUT2D eigenvalue weighted by atomic mass is 32.2. The molecule has 0 fully saturated rings. The summed E-state index contributed by atoms with van der Waals surface area (Å²) < 4.78 is 19.3. The zero-order valence-corrected chi connectivity index (χ0v) is 17.0. The summed E-state index contributed by atoms with van der Waals surface area (Å²) in [7, 11) is 0. The van der Waals surface area contributed by atoms with E-state index in [2.05, 4.69) is 10.2 Å². The molecule has 0 spiro atoms. The van der Waals surface area contributed by atoms with Crippen LogP contribution >= 0.6 is 11.8 Å². The number of halogens is 1. The minimum absolute atomic E-state index is 0.0208. The molecule has 0 atom stereocenters. The molecule has 1 aromatic heterocycles. The van der Waals surface area contributed by atoms with Gasteiger partial charge in [-0.25, -0.2) is 9.07 Å². The molecule has 0 bridgehead atoms. The smallest absolute Gasteiger partial charge is 0.326 e. The number of hydrogen-bond acceptors (Lipinski definition) is 7. The predicted octanol–water partition coefficient (Wildman–Crippen LogP) is 2.49. The second-order valence-electron chi connectivity index (χ2n) is 6.09. The van der Waals surface area contributed by atoms with Crippen LogP contribution in [0, 0.1) is 5.82 Å². The zero-order chi connectivity index (χ0) is 21.5. The standard InChI is InChI=1S/C20H20FN5O3S/c1-2-29-18(28)12-25(16-6-4-3-5-7-16)17(27)13-30-20-24-23-19(26(20)22)14-8-10-15(21)11-9-14/h3-11H,2,12-13,22H2,1H3. The van der Waals surface area contributed by atoms with Crippen LogP contribution in [-0.4, -0.2) is 45.7 Å². The molecule has 0 saturated carbocycles. The van der Waals surface area contributed by atoms with Crippen molar-refractivity contribution in [2.45, 2.75) is 12.1 Å². The maximum atomic E-state index is 13.1. The summed E-state index contributed by atoms with van der Waals surface area (Å²) in [5, 5.41) is 8.33. The van der Waals surface area contributed by atoms with Gasteiger partial charge in [0.05, 0.1) is 12.4 Å². The van der Waals surface area contributed by atoms with E-state index in [1.54, 1.807) is 43.3 Å². The summed E-state index contributed by atoms with van der Waals surface area (Å²) in [5.74, 6) is 5.18. The second-order valence-corrected chi connectivity index (χ2v) is 7.03. The number of hydrogen-bond donors (Lipinski definition) is 1. The third kappa shape index (κ3) is 5.15. The molecule has 1 amide bonds. The van der Waals surface area contributed by atoms with Crippen LogP contribution in [0.15, 0.2) is 59.8 Å². The number of carbonyl (C=O) groups is 2. The molecule has 1 heterocycles. The van der Waals surface area contributed by atoms with Crippen molar-refractivity contribution >= 4 is 29.3 Å². The number of anilines is 1. The topological polar surface area (TPSA) is 103 Å². The highest BCUT2D eigenvalue weighted by Crippen LogP contribution is 2.23. The molecule has 0 radical (unpaired) electrons. The molecule has 0 aliphatic rings. The Morgan fingerprint density at radius 3 is 2.50 bits per heavy atom. The van der Waals surface area contributed by atoms with Gasteiger partial charge < -0.3 is 15.5 Å². The van der Waals surface area contributed by atoms with E-state index in [0.717, 1.165) is 11.8 Å². The van der Waals surface area contributed by atoms with E-state index in [4.69, 9.17) is 10.6 Å². The van der Waals surface area contributed by atoms with Gasteiger partial charge in [-0.2, -0.15) is 0 Å². The number of nitrogens with two attached hydrogens (primary N) is 1. The number of amides is 1. The fourth-order valence-corrected chi connectivity index (χ4v) is 3.38. The number of carbonyl (C=O) groups excluding carboxylic acids is 2. The summed E-state index contributed by atoms with van der Waals surface area (Å²) in [5.41, 5.74) is 1.18. The number of aromatic nitrogens is 3. The zero-order valence-electron chi connectivity index (χ0n) is 16.2. The normalized spacial score (nSPS) is 10.6. The van der Waals surface area contributed by atoms with Gasteiger partial charge in [0.2, 0.25) is 11.1 Å². The largest absolute Gasteiger partial charge is 0.465 e. The molecule has 0 aliphatic heterocycles. The number of nitrogen functional groups attached to an aromatic ring is 1. The third-order valence-corrected chi connectivity index (χ3v) is 4.98. The van der Waals surface area contributed by atoms with Crippen molar-refractivity contribution in [1.29, 1.82) is 0 Å². The highest BCUT2D eigenvalue weighted by molar-refractivity contribution is 7.99. The van der Waals surface area contributed by atoms with E-state index < -0.39 is 5.97 Å². The first kappa shape index (κ1) is 21.3. The molecule has 2 aromatic carbocycles. The van der Waals surface area contributed by atoms with E-state index in [1.807, 2.05) is 6.07 Å². The molecule has 8 nitrogen and oxygen atoms in total. The molecule has 0 unspecified atom stereocenters. The van der Waals surface area contributed by atoms with Crippen LogP contribution in [0.3, 0.4) is 0 Å². The van der Waals surface area contributed by atoms with Crippen molar-refractivity contribution in [3.8, 4) is 11.4 Å². The lowest BCUT2D eigenvalue weighted by Gasteiger charge is -2.21. The molecule has 0 saturated heterocycles. The van der Waals surface area contributed by atoms with Crippen LogP contribution in [0.1, 0.15) is 6.92 Å². The first-order valence-electron chi connectivity index (χ1n) is 9.10. The van der Waals surface area contributed by atoms with Gasteiger partial charge in [-0.3, -0.25) is 9.59 Å². The fourth-order valence-electron chi connectivity index (χ4n) is 2.64. The first-order chi connectivity index (χ1) is 14.5. The molecule has 3 aromatic rings. The van der Waals surface area contributed by atoms with Crippen LogP contribution < -0.4 is 10.7 Å². The minimum atomic E-state index is -0.500. The Morgan fingerprint density at radius 2 is 1.83 bits per heavy atom. The quantitative estimate of drug-likeness (QED) is 0.333. The Labute approximate surface area is 176 Å². The summed E-state index contributed by atoms with van der Waals surface area (Å²) in [4.78, 5) is 26.1. The number of ether oxygens (including phenoxy) is 1. The molecule has 0 aliphatic carbocycles. The first-order valence-corrected chi connectivity index (χ1v) is 10.1. The summed E-state index contributed by atoms with van der Waals surface area (Å²) >= 11 is 1.08. The number of benzene rings is 2. The Hall–Kier alpha value is -3.40. The summed E-state index contributed by atoms with van der Waals surface area (Å²) in [6.45, 7) is 1.73. The number of thioether (sulfide) groups is 1. The predicted molar refractivity (Wildman–Crippen MR) is 112 cm³/mol. The third-order valence-electron chi connectivity index (χ3n) is 4.05. The molecule has 10 heteroatoms. The van der Waals surface area contributed by atoms with E-state index in [-0.39, 0.29) is 30.6 Å². The molecule has 30 heavy (non-hydrogen) atoms. The molecule has 2 N–H and O–H groups in total. The van der Waals surface area contributed by atoms with Crippen LogP contribution in [0.2, 0.25) is 0 Å². The van der Waals surface area contributed by atoms with Gasteiger partial charge >= 0.3 is 5.97 Å². The van der Waals surface area contributed by atoms with E-state index >= 15 is 0 Å². The monoisotopic (exact) mass is 429 g/mol. The minimum Gasteiger partial charge on any atom is -0.465 e. The van der Waals surface area contributed by atoms with Crippen LogP contribution in [-0.2, 0) is 14.3 Å². The van der Waals surface area contributed by atoms with Crippen molar-refractivity contribution in [3.05, 3.63) is 60.4 Å². The van der Waals surface area contributed by atoms with Gasteiger partial charge in [0.1, 0.15) is 12.4 Å². The maximum Gasteiger partial charge on any atom is 0.326 e. The molecular formula is C20H20FN5O3S. The van der Waals surface area contributed by atoms with Crippen LogP contribution in [0.4, 0.5) is 10.1 Å². The average Bonchev–Trinajstić information content (AvgIpc) is 3.12. The van der Waals surface area contributed by atoms with Crippen molar-refractivity contribution in [2.24, 2.45) is 0 Å². The average molecular weight is 429 g/mol. The van der Waals surface area contributed by atoms with Crippen molar-refractivity contribution in [1.82, 2.24) is 14.9 Å². The van der Waals surface area contributed by atoms with E-state index in [0.29, 0.717) is 22.2 Å². The Kier molecular flexibility index (Phi) is 7.02. The van der Waals surface area contributed by atoms with Gasteiger partial charge in [-0.1, -0.05) is 30.0 Å². The number of nitrogens with zero attached hydrogens (tertiary/aromatic N) is 4. The van der Waals surface area contributed by atoms with Gasteiger partial charge in [-0.15, -0.1) is 10.2 Å². The van der Waals surface area contributed by atoms with Gasteiger partial charge in [0.15, 0.2) is 5.82 Å². The van der Waals surface area contributed by atoms with E-state index in [1.165, 1.54) is 21.7 Å². The molecule has 3 rings (SSSR count). The lowest BCUT2D eigenvalue weighted by molar-refractivity contribution is -0.142. The summed E-state index contributed by atoms with van der Waals surface area (Å²) in [6.07, 6.45) is 0. The number of esters is 1. The van der Waals surface area contributed by atoms with Crippen LogP contribution in [0.25, 0.3) is 11.4 Å². The van der Waals surface area contributed by atoms with Crippen LogP contribution in [0.5, 0.6) is 0 Å². The Bertz CT molecular complexity index is 1010. The highest BCUT2D eigenvalue weighted by Gasteiger charge is 2.21. The van der Waals surface area contributed by atoms with E-state index in [9.17, 15) is 14.0 Å². The SMILES string of the molecule is CCOC(=O)CN(C(=O)CSc1nnc(-c2ccc(F)cc2)n1N)c1ccccc1. The molecular weight excluding hydrogens is 409 g/mol. The second kappa shape index (κ2) is 9.88. The Balaban J connectivity index is 1.72. The lowest BCUT2D eigenvalue weighted by Crippen LogP contribution is -2.37.